The largest absolute Gasteiger partial charge is 0.314 e. The van der Waals surface area contributed by atoms with E-state index in [0.29, 0.717) is 0 Å². The molecule has 3 heterocycles. The first-order valence-electron chi connectivity index (χ1n) is 9.11. The molecule has 0 amide bonds. The van der Waals surface area contributed by atoms with Crippen molar-refractivity contribution in [2.75, 3.05) is 19.6 Å². The highest BCUT2D eigenvalue weighted by atomic mass is 35.5. The molecule has 2 fully saturated rings. The third kappa shape index (κ3) is 3.59. The van der Waals surface area contributed by atoms with Crippen LogP contribution in [-0.4, -0.2) is 39.5 Å². The van der Waals surface area contributed by atoms with Gasteiger partial charge in [-0.25, -0.2) is 4.98 Å². The van der Waals surface area contributed by atoms with Crippen LogP contribution in [0.5, 0.6) is 0 Å². The Hall–Kier alpha value is -1.43. The van der Waals surface area contributed by atoms with Gasteiger partial charge in [0.2, 0.25) is 0 Å². The summed E-state index contributed by atoms with van der Waals surface area (Å²) in [6.07, 6.45) is 8.35. The first-order chi connectivity index (χ1) is 11.7. The van der Waals surface area contributed by atoms with Crippen LogP contribution in [0.1, 0.15) is 43.4 Å². The number of halogens is 1. The quantitative estimate of drug-likeness (QED) is 0.891. The Balaban J connectivity index is 0.00000182. The molecule has 136 valence electrons. The van der Waals surface area contributed by atoms with Gasteiger partial charge in [0, 0.05) is 44.0 Å². The van der Waals surface area contributed by atoms with Crippen LogP contribution in [0.3, 0.4) is 0 Å². The number of pyridine rings is 1. The van der Waals surface area contributed by atoms with Crippen LogP contribution in [0.4, 0.5) is 0 Å². The molecule has 6 heteroatoms. The van der Waals surface area contributed by atoms with E-state index in [1.54, 1.807) is 10.5 Å². The monoisotopic (exact) mass is 362 g/mol. The summed E-state index contributed by atoms with van der Waals surface area (Å²) in [7, 11) is 0. The van der Waals surface area contributed by atoms with Crippen LogP contribution in [0, 0.1) is 6.92 Å². The highest BCUT2D eigenvalue weighted by molar-refractivity contribution is 5.85. The van der Waals surface area contributed by atoms with E-state index in [2.05, 4.69) is 10.2 Å². The highest BCUT2D eigenvalue weighted by Gasteiger charge is 2.39. The summed E-state index contributed by atoms with van der Waals surface area (Å²) in [5.74, 6) is 0. The van der Waals surface area contributed by atoms with Crippen LogP contribution in [0.15, 0.2) is 29.2 Å². The molecule has 4 rings (SSSR count). The van der Waals surface area contributed by atoms with Gasteiger partial charge in [-0.2, -0.15) is 0 Å². The molecule has 5 nitrogen and oxygen atoms in total. The van der Waals surface area contributed by atoms with E-state index in [1.165, 1.54) is 32.1 Å². The van der Waals surface area contributed by atoms with E-state index in [4.69, 9.17) is 4.98 Å². The number of nitrogens with one attached hydrogen (secondary N) is 1. The molecule has 0 aromatic carbocycles. The molecular weight excluding hydrogens is 336 g/mol. The number of piperazine rings is 1. The SMILES string of the molecule is Cc1ccc2nc(CN3CCNCC34CCCCC4)cc(=O)n2c1.Cl. The van der Waals surface area contributed by atoms with Crippen molar-refractivity contribution in [2.45, 2.75) is 51.1 Å². The van der Waals surface area contributed by atoms with Crippen LogP contribution in [0.2, 0.25) is 0 Å². The maximum Gasteiger partial charge on any atom is 0.258 e. The third-order valence-corrected chi connectivity index (χ3v) is 5.68. The second kappa shape index (κ2) is 7.44. The lowest BCUT2D eigenvalue weighted by molar-refractivity contribution is 0.0199. The van der Waals surface area contributed by atoms with Crippen molar-refractivity contribution in [2.24, 2.45) is 0 Å². The summed E-state index contributed by atoms with van der Waals surface area (Å²) in [4.78, 5) is 19.8. The molecular formula is C19H27ClN4O. The third-order valence-electron chi connectivity index (χ3n) is 5.68. The fourth-order valence-electron chi connectivity index (χ4n) is 4.37. The van der Waals surface area contributed by atoms with Gasteiger partial charge < -0.3 is 5.32 Å². The van der Waals surface area contributed by atoms with Crippen molar-refractivity contribution in [3.05, 3.63) is 46.0 Å². The van der Waals surface area contributed by atoms with E-state index < -0.39 is 0 Å². The van der Waals surface area contributed by atoms with E-state index in [9.17, 15) is 4.79 Å². The Labute approximate surface area is 154 Å². The summed E-state index contributed by atoms with van der Waals surface area (Å²) < 4.78 is 1.65. The Morgan fingerprint density at radius 3 is 2.84 bits per heavy atom. The standard InChI is InChI=1S/C19H26N4O.ClH/c1-15-5-6-17-21-16(11-18(24)23(17)12-15)13-22-10-9-20-14-19(22)7-3-2-4-8-19;/h5-6,11-12,20H,2-4,7-10,13-14H2,1H3;1H. The zero-order chi connectivity index (χ0) is 16.6. The molecule has 0 bridgehead atoms. The Morgan fingerprint density at radius 1 is 1.24 bits per heavy atom. The minimum Gasteiger partial charge on any atom is -0.314 e. The fourth-order valence-corrected chi connectivity index (χ4v) is 4.37. The van der Waals surface area contributed by atoms with Crippen molar-refractivity contribution in [3.63, 3.8) is 0 Å². The van der Waals surface area contributed by atoms with Crippen molar-refractivity contribution in [1.82, 2.24) is 19.6 Å². The predicted molar refractivity (Wildman–Crippen MR) is 103 cm³/mol. The van der Waals surface area contributed by atoms with Gasteiger partial charge in [0.15, 0.2) is 0 Å². The van der Waals surface area contributed by atoms with Crippen molar-refractivity contribution in [3.8, 4) is 0 Å². The molecule has 1 spiro atoms. The Bertz CT molecular complexity index is 789. The number of aryl methyl sites for hydroxylation is 1. The first-order valence-corrected chi connectivity index (χ1v) is 9.11. The van der Waals surface area contributed by atoms with Crippen molar-refractivity contribution < 1.29 is 0 Å². The summed E-state index contributed by atoms with van der Waals surface area (Å²) in [5, 5.41) is 3.58. The number of rotatable bonds is 2. The van der Waals surface area contributed by atoms with Crippen molar-refractivity contribution >= 4 is 18.1 Å². The second-order valence-corrected chi connectivity index (χ2v) is 7.40. The summed E-state index contributed by atoms with van der Waals surface area (Å²) in [6.45, 7) is 5.90. The summed E-state index contributed by atoms with van der Waals surface area (Å²) in [6, 6.07) is 5.67. The topological polar surface area (TPSA) is 49.6 Å². The van der Waals surface area contributed by atoms with E-state index in [-0.39, 0.29) is 23.5 Å². The van der Waals surface area contributed by atoms with Crippen LogP contribution in [0.25, 0.3) is 5.65 Å². The van der Waals surface area contributed by atoms with E-state index >= 15 is 0 Å². The van der Waals surface area contributed by atoms with Crippen LogP contribution in [-0.2, 0) is 6.54 Å². The number of aromatic nitrogens is 2. The lowest BCUT2D eigenvalue weighted by atomic mass is 9.79. The smallest absolute Gasteiger partial charge is 0.258 e. The maximum absolute atomic E-state index is 12.5. The van der Waals surface area contributed by atoms with Gasteiger partial charge in [-0.15, -0.1) is 12.4 Å². The van der Waals surface area contributed by atoms with Gasteiger partial charge >= 0.3 is 0 Å². The maximum atomic E-state index is 12.5. The van der Waals surface area contributed by atoms with E-state index in [1.807, 2.05) is 25.3 Å². The average Bonchev–Trinajstić information content (AvgIpc) is 2.59. The van der Waals surface area contributed by atoms with Gasteiger partial charge in [-0.1, -0.05) is 25.3 Å². The molecule has 1 saturated heterocycles. The normalized spacial score (nSPS) is 20.5. The zero-order valence-electron chi connectivity index (χ0n) is 14.8. The van der Waals surface area contributed by atoms with Gasteiger partial charge in [-0.05, 0) is 31.4 Å². The average molecular weight is 363 g/mol. The second-order valence-electron chi connectivity index (χ2n) is 7.40. The molecule has 1 saturated carbocycles. The molecule has 2 aliphatic rings. The molecule has 0 atom stereocenters. The van der Waals surface area contributed by atoms with E-state index in [0.717, 1.165) is 43.1 Å². The number of fused-ring (bicyclic) bond motifs is 1. The molecule has 2 aromatic rings. The lowest BCUT2D eigenvalue weighted by Crippen LogP contribution is -2.61. The molecule has 2 aromatic heterocycles. The number of hydrogen-bond donors (Lipinski definition) is 1. The fraction of sp³-hybridized carbons (Fsp3) is 0.579. The van der Waals surface area contributed by atoms with Crippen molar-refractivity contribution in [1.29, 1.82) is 0 Å². The lowest BCUT2D eigenvalue weighted by Gasteiger charge is -2.49. The Morgan fingerprint density at radius 2 is 2.04 bits per heavy atom. The van der Waals surface area contributed by atoms with Gasteiger partial charge in [0.1, 0.15) is 5.65 Å². The first kappa shape index (κ1) is 18.4. The molecule has 1 aliphatic heterocycles. The van der Waals surface area contributed by atoms with Gasteiger partial charge in [0.25, 0.3) is 5.56 Å². The van der Waals surface area contributed by atoms with Gasteiger partial charge in [0.05, 0.1) is 5.69 Å². The molecule has 25 heavy (non-hydrogen) atoms. The summed E-state index contributed by atoms with van der Waals surface area (Å²) >= 11 is 0. The Kier molecular flexibility index (Phi) is 5.46. The molecule has 0 radical (unpaired) electrons. The minimum atomic E-state index is 0. The van der Waals surface area contributed by atoms with Gasteiger partial charge in [-0.3, -0.25) is 14.1 Å². The van der Waals surface area contributed by atoms with Crippen LogP contribution >= 0.6 is 12.4 Å². The zero-order valence-corrected chi connectivity index (χ0v) is 15.6. The number of nitrogens with zero attached hydrogens (tertiary/aromatic N) is 3. The van der Waals surface area contributed by atoms with Crippen LogP contribution < -0.4 is 10.9 Å². The summed E-state index contributed by atoms with van der Waals surface area (Å²) in [5.41, 5.74) is 3.00. The molecule has 1 N–H and O–H groups in total. The molecule has 0 unspecified atom stereocenters. The molecule has 1 aliphatic carbocycles. The minimum absolute atomic E-state index is 0. The highest BCUT2D eigenvalue weighted by Crippen LogP contribution is 2.35. The predicted octanol–water partition coefficient (Wildman–Crippen LogP) is 2.53. The number of hydrogen-bond acceptors (Lipinski definition) is 4.